The molecule has 0 heterocycles. The van der Waals surface area contributed by atoms with Crippen molar-refractivity contribution in [3.8, 4) is 17.9 Å². The van der Waals surface area contributed by atoms with Gasteiger partial charge in [-0.1, -0.05) is 24.3 Å². The van der Waals surface area contributed by atoms with Gasteiger partial charge < -0.3 is 10.1 Å². The molecular weight excluding hydrogens is 274 g/mol. The maximum absolute atomic E-state index is 9.12. The van der Waals surface area contributed by atoms with Crippen molar-refractivity contribution in [3.63, 3.8) is 0 Å². The summed E-state index contributed by atoms with van der Waals surface area (Å²) in [5, 5.41) is 21.4. The summed E-state index contributed by atoms with van der Waals surface area (Å²) < 4.78 is 5.81. The van der Waals surface area contributed by atoms with E-state index in [1.165, 1.54) is 0 Å². The summed E-state index contributed by atoms with van der Waals surface area (Å²) >= 11 is 0. The summed E-state index contributed by atoms with van der Waals surface area (Å²) in [6, 6.07) is 15.3. The van der Waals surface area contributed by atoms with Gasteiger partial charge in [0.25, 0.3) is 0 Å². The van der Waals surface area contributed by atoms with E-state index in [9.17, 15) is 0 Å². The third-order valence-electron chi connectivity index (χ3n) is 3.36. The first-order valence-electron chi connectivity index (χ1n) is 7.03. The standard InChI is InChI=1S/C18H17N3O/c1-13-5-3-6-14(2)18(13)22-10-9-21-17-15(11-19)7-4-8-16(17)12-20/h3-8,21H,9-10H2,1-2H3. The normalized spacial score (nSPS) is 9.64. The molecule has 0 saturated carbocycles. The maximum Gasteiger partial charge on any atom is 0.125 e. The van der Waals surface area contributed by atoms with Crippen LogP contribution >= 0.6 is 0 Å². The molecule has 0 aliphatic heterocycles. The lowest BCUT2D eigenvalue weighted by Gasteiger charge is -2.14. The van der Waals surface area contributed by atoms with Crippen molar-refractivity contribution in [2.24, 2.45) is 0 Å². The lowest BCUT2D eigenvalue weighted by Crippen LogP contribution is -2.14. The number of nitrogens with zero attached hydrogens (tertiary/aromatic N) is 2. The summed E-state index contributed by atoms with van der Waals surface area (Å²) in [5.41, 5.74) is 3.68. The van der Waals surface area contributed by atoms with Crippen molar-refractivity contribution in [3.05, 3.63) is 58.7 Å². The van der Waals surface area contributed by atoms with Gasteiger partial charge in [-0.25, -0.2) is 0 Å². The molecule has 0 aliphatic rings. The van der Waals surface area contributed by atoms with Crippen LogP contribution in [-0.4, -0.2) is 13.2 Å². The third-order valence-corrected chi connectivity index (χ3v) is 3.36. The fraction of sp³-hybridized carbons (Fsp3) is 0.222. The molecule has 2 aromatic carbocycles. The van der Waals surface area contributed by atoms with E-state index in [0.717, 1.165) is 16.9 Å². The Hall–Kier alpha value is -2.98. The SMILES string of the molecule is Cc1cccc(C)c1OCCNc1c(C#N)cccc1C#N. The van der Waals surface area contributed by atoms with E-state index in [4.69, 9.17) is 15.3 Å². The number of para-hydroxylation sites is 2. The van der Waals surface area contributed by atoms with Gasteiger partial charge in [0, 0.05) is 6.54 Å². The highest BCUT2D eigenvalue weighted by molar-refractivity contribution is 5.66. The summed E-state index contributed by atoms with van der Waals surface area (Å²) in [7, 11) is 0. The second-order valence-corrected chi connectivity index (χ2v) is 4.95. The van der Waals surface area contributed by atoms with Gasteiger partial charge >= 0.3 is 0 Å². The minimum atomic E-state index is 0.455. The van der Waals surface area contributed by atoms with E-state index in [2.05, 4.69) is 17.5 Å². The lowest BCUT2D eigenvalue weighted by atomic mass is 10.1. The number of nitrogens with one attached hydrogen (secondary N) is 1. The van der Waals surface area contributed by atoms with Crippen molar-refractivity contribution >= 4 is 5.69 Å². The third kappa shape index (κ3) is 3.37. The second-order valence-electron chi connectivity index (χ2n) is 4.95. The molecule has 4 nitrogen and oxygen atoms in total. The molecule has 0 bridgehead atoms. The van der Waals surface area contributed by atoms with Crippen LogP contribution in [0.3, 0.4) is 0 Å². The molecule has 2 rings (SSSR count). The van der Waals surface area contributed by atoms with Crippen LogP contribution in [0.4, 0.5) is 5.69 Å². The Balaban J connectivity index is 2.01. The number of hydrogen-bond donors (Lipinski definition) is 1. The van der Waals surface area contributed by atoms with E-state index in [-0.39, 0.29) is 0 Å². The topological polar surface area (TPSA) is 68.8 Å². The molecule has 0 atom stereocenters. The number of nitriles is 2. The van der Waals surface area contributed by atoms with Gasteiger partial charge in [0.05, 0.1) is 16.8 Å². The number of ether oxygens (including phenoxy) is 1. The first-order chi connectivity index (χ1) is 10.7. The molecule has 2 aromatic rings. The molecular formula is C18H17N3O. The first kappa shape index (κ1) is 15.4. The van der Waals surface area contributed by atoms with Gasteiger partial charge in [0.1, 0.15) is 24.5 Å². The quantitative estimate of drug-likeness (QED) is 0.855. The fourth-order valence-electron chi connectivity index (χ4n) is 2.29. The molecule has 0 fully saturated rings. The van der Waals surface area contributed by atoms with Gasteiger partial charge in [0.2, 0.25) is 0 Å². The van der Waals surface area contributed by atoms with Gasteiger partial charge in [-0.05, 0) is 37.1 Å². The van der Waals surface area contributed by atoms with Crippen molar-refractivity contribution in [2.45, 2.75) is 13.8 Å². The second kappa shape index (κ2) is 7.15. The zero-order chi connectivity index (χ0) is 15.9. The van der Waals surface area contributed by atoms with E-state index in [0.29, 0.717) is 30.0 Å². The molecule has 0 aliphatic carbocycles. The van der Waals surface area contributed by atoms with Gasteiger partial charge in [-0.3, -0.25) is 0 Å². The highest BCUT2D eigenvalue weighted by Gasteiger charge is 2.08. The van der Waals surface area contributed by atoms with Crippen LogP contribution in [0.2, 0.25) is 0 Å². The van der Waals surface area contributed by atoms with Crippen molar-refractivity contribution in [1.29, 1.82) is 10.5 Å². The van der Waals surface area contributed by atoms with Crippen LogP contribution in [-0.2, 0) is 0 Å². The van der Waals surface area contributed by atoms with Crippen LogP contribution in [0.5, 0.6) is 5.75 Å². The number of anilines is 1. The summed E-state index contributed by atoms with van der Waals surface area (Å²) in [6.45, 7) is 4.99. The molecule has 0 amide bonds. The van der Waals surface area contributed by atoms with Crippen LogP contribution in [0, 0.1) is 36.5 Å². The highest BCUT2D eigenvalue weighted by Crippen LogP contribution is 2.23. The van der Waals surface area contributed by atoms with Crippen LogP contribution in [0.1, 0.15) is 22.3 Å². The molecule has 22 heavy (non-hydrogen) atoms. The molecule has 0 unspecified atom stereocenters. The predicted octanol–water partition coefficient (Wildman–Crippen LogP) is 3.54. The number of rotatable bonds is 5. The minimum Gasteiger partial charge on any atom is -0.491 e. The molecule has 1 N–H and O–H groups in total. The molecule has 0 aromatic heterocycles. The Morgan fingerprint density at radius 2 is 1.50 bits per heavy atom. The Bertz CT molecular complexity index is 701. The number of hydrogen-bond acceptors (Lipinski definition) is 4. The summed E-state index contributed by atoms with van der Waals surface area (Å²) in [4.78, 5) is 0. The lowest BCUT2D eigenvalue weighted by molar-refractivity contribution is 0.328. The smallest absolute Gasteiger partial charge is 0.125 e. The largest absolute Gasteiger partial charge is 0.491 e. The fourth-order valence-corrected chi connectivity index (χ4v) is 2.29. The van der Waals surface area contributed by atoms with E-state index < -0.39 is 0 Å². The molecule has 0 spiro atoms. The van der Waals surface area contributed by atoms with Crippen LogP contribution < -0.4 is 10.1 Å². The molecule has 4 heteroatoms. The Kier molecular flexibility index (Phi) is 5.01. The maximum atomic E-state index is 9.12. The Morgan fingerprint density at radius 3 is 2.05 bits per heavy atom. The Morgan fingerprint density at radius 1 is 0.955 bits per heavy atom. The Labute approximate surface area is 130 Å². The summed E-state index contributed by atoms with van der Waals surface area (Å²) in [5.74, 6) is 0.887. The van der Waals surface area contributed by atoms with Crippen molar-refractivity contribution in [2.75, 3.05) is 18.5 Å². The van der Waals surface area contributed by atoms with E-state index >= 15 is 0 Å². The molecule has 0 saturated heterocycles. The average molecular weight is 291 g/mol. The summed E-state index contributed by atoms with van der Waals surface area (Å²) in [6.07, 6.45) is 0. The zero-order valence-electron chi connectivity index (χ0n) is 12.7. The van der Waals surface area contributed by atoms with E-state index in [1.807, 2.05) is 32.0 Å². The van der Waals surface area contributed by atoms with Gasteiger partial charge in [-0.2, -0.15) is 10.5 Å². The average Bonchev–Trinajstić information content (AvgIpc) is 2.53. The number of aryl methyl sites for hydroxylation is 2. The van der Waals surface area contributed by atoms with Gasteiger partial charge in [0.15, 0.2) is 0 Å². The predicted molar refractivity (Wildman–Crippen MR) is 85.8 cm³/mol. The highest BCUT2D eigenvalue weighted by atomic mass is 16.5. The molecule has 0 radical (unpaired) electrons. The van der Waals surface area contributed by atoms with Crippen molar-refractivity contribution in [1.82, 2.24) is 0 Å². The van der Waals surface area contributed by atoms with E-state index in [1.54, 1.807) is 18.2 Å². The first-order valence-corrected chi connectivity index (χ1v) is 7.03. The number of benzene rings is 2. The van der Waals surface area contributed by atoms with Crippen LogP contribution in [0.25, 0.3) is 0 Å². The monoisotopic (exact) mass is 291 g/mol. The molecule has 110 valence electrons. The van der Waals surface area contributed by atoms with Gasteiger partial charge in [-0.15, -0.1) is 0 Å². The van der Waals surface area contributed by atoms with Crippen molar-refractivity contribution < 1.29 is 4.74 Å². The zero-order valence-corrected chi connectivity index (χ0v) is 12.7. The minimum absolute atomic E-state index is 0.455. The van der Waals surface area contributed by atoms with Crippen LogP contribution in [0.15, 0.2) is 36.4 Å².